The van der Waals surface area contributed by atoms with Crippen molar-refractivity contribution in [3.63, 3.8) is 0 Å². The molecule has 0 aliphatic rings. The maximum Gasteiger partial charge on any atom is 0.268 e. The largest absolute Gasteiger partial charge is 0.467 e. The van der Waals surface area contributed by atoms with E-state index in [2.05, 4.69) is 22.2 Å². The second-order valence-corrected chi connectivity index (χ2v) is 4.43. The first-order valence-corrected chi connectivity index (χ1v) is 6.42. The summed E-state index contributed by atoms with van der Waals surface area (Å²) in [6.45, 7) is 4.40. The highest BCUT2D eigenvalue weighted by molar-refractivity contribution is 5.93. The molecule has 0 unspecified atom stereocenters. The Balaban J connectivity index is 1.99. The molecule has 2 aromatic rings. The third-order valence-electron chi connectivity index (χ3n) is 3.03. The number of aromatic nitrogens is 1. The van der Waals surface area contributed by atoms with Gasteiger partial charge in [0.05, 0.1) is 12.1 Å². The maximum atomic E-state index is 11.4. The van der Waals surface area contributed by atoms with Gasteiger partial charge in [-0.3, -0.25) is 20.1 Å². The van der Waals surface area contributed by atoms with Crippen LogP contribution >= 0.6 is 0 Å². The number of nitrogens with one attached hydrogen (secondary N) is 1. The van der Waals surface area contributed by atoms with Crippen molar-refractivity contribution in [1.82, 2.24) is 15.3 Å². The van der Waals surface area contributed by atoms with Gasteiger partial charge in [-0.1, -0.05) is 6.92 Å². The van der Waals surface area contributed by atoms with E-state index in [9.17, 15) is 4.79 Å². The second-order valence-electron chi connectivity index (χ2n) is 4.43. The Hall–Kier alpha value is -2.18. The normalized spacial score (nSPS) is 10.8. The molecular weight excluding hydrogens is 256 g/mol. The highest BCUT2D eigenvalue weighted by Gasteiger charge is 2.11. The van der Waals surface area contributed by atoms with Gasteiger partial charge in [0.2, 0.25) is 0 Å². The van der Waals surface area contributed by atoms with Crippen LogP contribution in [0, 0.1) is 0 Å². The summed E-state index contributed by atoms with van der Waals surface area (Å²) in [5, 5.41) is 0. The molecule has 0 aliphatic heterocycles. The van der Waals surface area contributed by atoms with Crippen molar-refractivity contribution >= 4 is 5.91 Å². The van der Waals surface area contributed by atoms with E-state index >= 15 is 0 Å². The van der Waals surface area contributed by atoms with Gasteiger partial charge in [0, 0.05) is 18.9 Å². The molecule has 0 aromatic carbocycles. The Bertz CT molecular complexity index is 553. The summed E-state index contributed by atoms with van der Waals surface area (Å²) < 4.78 is 5.39. The van der Waals surface area contributed by atoms with Crippen molar-refractivity contribution in [3.8, 4) is 0 Å². The van der Waals surface area contributed by atoms with Gasteiger partial charge < -0.3 is 4.42 Å². The number of carbonyl (C=O) groups is 1. The van der Waals surface area contributed by atoms with Gasteiger partial charge in [-0.2, -0.15) is 0 Å². The molecule has 2 rings (SSSR count). The summed E-state index contributed by atoms with van der Waals surface area (Å²) >= 11 is 0. The van der Waals surface area contributed by atoms with Crippen molar-refractivity contribution < 1.29 is 9.21 Å². The van der Waals surface area contributed by atoms with Crippen molar-refractivity contribution in [2.75, 3.05) is 6.54 Å². The van der Waals surface area contributed by atoms with E-state index in [1.807, 2.05) is 12.1 Å². The summed E-state index contributed by atoms with van der Waals surface area (Å²) in [4.78, 5) is 17.6. The first-order chi connectivity index (χ1) is 9.72. The quantitative estimate of drug-likeness (QED) is 0.471. The van der Waals surface area contributed by atoms with Crippen LogP contribution in [0.3, 0.4) is 0 Å². The van der Waals surface area contributed by atoms with Gasteiger partial charge in [-0.05, 0) is 30.3 Å². The van der Waals surface area contributed by atoms with Crippen LogP contribution in [0.1, 0.15) is 28.6 Å². The van der Waals surface area contributed by atoms with E-state index in [0.717, 1.165) is 18.8 Å². The molecule has 3 N–H and O–H groups in total. The fraction of sp³-hybridized carbons (Fsp3) is 0.286. The van der Waals surface area contributed by atoms with E-state index in [1.54, 1.807) is 18.5 Å². The summed E-state index contributed by atoms with van der Waals surface area (Å²) in [5.41, 5.74) is 3.70. The summed E-state index contributed by atoms with van der Waals surface area (Å²) in [6, 6.07) is 5.67. The Kier molecular flexibility index (Phi) is 4.86. The molecule has 0 saturated heterocycles. The third-order valence-corrected chi connectivity index (χ3v) is 3.03. The lowest BCUT2D eigenvalue weighted by molar-refractivity contribution is 0.0953. The van der Waals surface area contributed by atoms with Gasteiger partial charge in [0.1, 0.15) is 12.0 Å². The predicted molar refractivity (Wildman–Crippen MR) is 74.4 cm³/mol. The van der Waals surface area contributed by atoms with Crippen LogP contribution in [-0.2, 0) is 13.1 Å². The highest BCUT2D eigenvalue weighted by Crippen LogP contribution is 2.12. The predicted octanol–water partition coefficient (Wildman–Crippen LogP) is 1.30. The first-order valence-electron chi connectivity index (χ1n) is 6.42. The standard InChI is InChI=1S/C14H18N4O2/c1-2-18(8-11-3-5-16-6-4-11)9-13-7-12(10-20-13)14(19)17-15/h3-7,10H,2,8-9,15H2,1H3,(H,17,19). The average Bonchev–Trinajstić information content (AvgIpc) is 2.95. The fourth-order valence-electron chi connectivity index (χ4n) is 1.91. The molecule has 106 valence electrons. The van der Waals surface area contributed by atoms with Crippen molar-refractivity contribution in [2.45, 2.75) is 20.0 Å². The second kappa shape index (κ2) is 6.83. The van der Waals surface area contributed by atoms with Crippen molar-refractivity contribution in [1.29, 1.82) is 0 Å². The molecule has 1 amide bonds. The number of nitrogens with zero attached hydrogens (tertiary/aromatic N) is 2. The van der Waals surface area contributed by atoms with Crippen LogP contribution in [-0.4, -0.2) is 22.3 Å². The molecule has 20 heavy (non-hydrogen) atoms. The minimum absolute atomic E-state index is 0.350. The molecule has 0 bridgehead atoms. The molecule has 2 heterocycles. The van der Waals surface area contributed by atoms with Gasteiger partial charge >= 0.3 is 0 Å². The lowest BCUT2D eigenvalue weighted by atomic mass is 10.2. The Labute approximate surface area is 117 Å². The number of hydrogen-bond donors (Lipinski definition) is 2. The Morgan fingerprint density at radius 2 is 2.15 bits per heavy atom. The lowest BCUT2D eigenvalue weighted by Crippen LogP contribution is -2.29. The van der Waals surface area contributed by atoms with E-state index in [1.165, 1.54) is 11.8 Å². The molecular formula is C14H18N4O2. The van der Waals surface area contributed by atoms with Crippen LogP contribution in [0.2, 0.25) is 0 Å². The number of hydrazine groups is 1. The number of nitrogens with two attached hydrogens (primary N) is 1. The summed E-state index contributed by atoms with van der Waals surface area (Å²) in [5.74, 6) is 5.47. The Morgan fingerprint density at radius 1 is 1.40 bits per heavy atom. The number of amides is 1. The lowest BCUT2D eigenvalue weighted by Gasteiger charge is -2.18. The molecule has 0 saturated carbocycles. The van der Waals surface area contributed by atoms with E-state index < -0.39 is 0 Å². The Morgan fingerprint density at radius 3 is 2.80 bits per heavy atom. The molecule has 0 spiro atoms. The first kappa shape index (κ1) is 14.2. The molecule has 0 atom stereocenters. The van der Waals surface area contributed by atoms with Gasteiger partial charge in [-0.25, -0.2) is 5.84 Å². The van der Waals surface area contributed by atoms with Crippen LogP contribution in [0.25, 0.3) is 0 Å². The fourth-order valence-corrected chi connectivity index (χ4v) is 1.91. The number of hydrogen-bond acceptors (Lipinski definition) is 5. The minimum Gasteiger partial charge on any atom is -0.467 e. The van der Waals surface area contributed by atoms with E-state index in [0.29, 0.717) is 12.1 Å². The van der Waals surface area contributed by atoms with Crippen LogP contribution in [0.15, 0.2) is 41.3 Å². The smallest absolute Gasteiger partial charge is 0.268 e. The average molecular weight is 274 g/mol. The van der Waals surface area contributed by atoms with Crippen molar-refractivity contribution in [3.05, 3.63) is 53.7 Å². The molecule has 0 fully saturated rings. The molecule has 2 aromatic heterocycles. The highest BCUT2D eigenvalue weighted by atomic mass is 16.3. The van der Waals surface area contributed by atoms with Crippen molar-refractivity contribution in [2.24, 2.45) is 5.84 Å². The number of rotatable bonds is 6. The van der Waals surface area contributed by atoms with Crippen LogP contribution in [0.4, 0.5) is 0 Å². The number of carbonyl (C=O) groups excluding carboxylic acids is 1. The van der Waals surface area contributed by atoms with E-state index in [-0.39, 0.29) is 5.91 Å². The van der Waals surface area contributed by atoms with Crippen LogP contribution in [0.5, 0.6) is 0 Å². The number of pyridine rings is 1. The molecule has 0 aliphatic carbocycles. The van der Waals surface area contributed by atoms with E-state index in [4.69, 9.17) is 10.3 Å². The number of furan rings is 1. The summed E-state index contributed by atoms with van der Waals surface area (Å²) in [6.07, 6.45) is 4.97. The summed E-state index contributed by atoms with van der Waals surface area (Å²) in [7, 11) is 0. The zero-order valence-electron chi connectivity index (χ0n) is 11.4. The number of nitrogen functional groups attached to an aromatic ring is 1. The molecule has 0 radical (unpaired) electrons. The van der Waals surface area contributed by atoms with Crippen LogP contribution < -0.4 is 11.3 Å². The molecule has 6 nitrogen and oxygen atoms in total. The molecule has 6 heteroatoms. The maximum absolute atomic E-state index is 11.4. The topological polar surface area (TPSA) is 84.4 Å². The minimum atomic E-state index is -0.350. The van der Waals surface area contributed by atoms with Gasteiger partial charge in [-0.15, -0.1) is 0 Å². The third kappa shape index (κ3) is 3.66. The SMILES string of the molecule is CCN(Cc1ccncc1)Cc1cc(C(=O)NN)co1. The zero-order valence-corrected chi connectivity index (χ0v) is 11.4. The van der Waals surface area contributed by atoms with Gasteiger partial charge in [0.25, 0.3) is 5.91 Å². The zero-order chi connectivity index (χ0) is 14.4. The monoisotopic (exact) mass is 274 g/mol. The van der Waals surface area contributed by atoms with Gasteiger partial charge in [0.15, 0.2) is 0 Å².